The molecule has 0 aromatic rings. The Balaban J connectivity index is 3.80. The van der Waals surface area contributed by atoms with Crippen molar-refractivity contribution in [3.8, 4) is 0 Å². The summed E-state index contributed by atoms with van der Waals surface area (Å²) in [6.07, 6.45) is -1.22. The lowest BCUT2D eigenvalue weighted by molar-refractivity contribution is -0.159. The molecule has 0 aliphatic rings. The first kappa shape index (κ1) is 9.39. The van der Waals surface area contributed by atoms with E-state index in [9.17, 15) is 4.79 Å². The third kappa shape index (κ3) is 4.29. The molecule has 3 N–H and O–H groups in total. The minimum atomic E-state index is -1.22. The molecule has 0 saturated heterocycles. The van der Waals surface area contributed by atoms with Crippen molar-refractivity contribution in [3.05, 3.63) is 0 Å². The molecule has 0 aliphatic heterocycles. The van der Waals surface area contributed by atoms with Crippen LogP contribution in [0.25, 0.3) is 0 Å². The predicted molar refractivity (Wildman–Crippen MR) is 36.4 cm³/mol. The summed E-state index contributed by atoms with van der Waals surface area (Å²) in [7, 11) is 0. The van der Waals surface area contributed by atoms with E-state index in [-0.39, 0.29) is 0 Å². The standard InChI is InChI=1S/C6H13NO3/c1-6(2,3)10-4(7)5(8)9/h4H,7H2,1-3H3,(H,8,9). The van der Waals surface area contributed by atoms with Gasteiger partial charge in [0.15, 0.2) is 0 Å². The highest BCUT2D eigenvalue weighted by Crippen LogP contribution is 2.07. The molecule has 4 nitrogen and oxygen atoms in total. The molecule has 1 unspecified atom stereocenters. The SMILES string of the molecule is CC(C)(C)OC(N)C(=O)O. The van der Waals surface area contributed by atoms with Crippen LogP contribution >= 0.6 is 0 Å². The number of carboxylic acids is 1. The van der Waals surface area contributed by atoms with E-state index in [2.05, 4.69) is 0 Å². The van der Waals surface area contributed by atoms with Gasteiger partial charge >= 0.3 is 5.97 Å². The van der Waals surface area contributed by atoms with Crippen molar-refractivity contribution >= 4 is 5.97 Å². The Morgan fingerprint density at radius 1 is 1.60 bits per heavy atom. The first-order valence-electron chi connectivity index (χ1n) is 2.99. The molecule has 0 bridgehead atoms. The summed E-state index contributed by atoms with van der Waals surface area (Å²) in [5.41, 5.74) is 4.58. The van der Waals surface area contributed by atoms with Crippen LogP contribution in [-0.2, 0) is 9.53 Å². The molecule has 0 heterocycles. The molecule has 0 spiro atoms. The van der Waals surface area contributed by atoms with Gasteiger partial charge in [0, 0.05) is 0 Å². The summed E-state index contributed by atoms with van der Waals surface area (Å²) in [6.45, 7) is 5.24. The Kier molecular flexibility index (Phi) is 2.80. The summed E-state index contributed by atoms with van der Waals surface area (Å²) < 4.78 is 4.88. The van der Waals surface area contributed by atoms with Crippen LogP contribution < -0.4 is 5.73 Å². The Morgan fingerprint density at radius 3 is 2.10 bits per heavy atom. The number of carboxylic acid groups (broad SMARTS) is 1. The number of ether oxygens (including phenoxy) is 1. The first-order valence-corrected chi connectivity index (χ1v) is 2.99. The maximum absolute atomic E-state index is 10.1. The molecule has 10 heavy (non-hydrogen) atoms. The fraction of sp³-hybridized carbons (Fsp3) is 0.833. The molecule has 0 saturated carbocycles. The van der Waals surface area contributed by atoms with E-state index in [1.165, 1.54) is 0 Å². The maximum Gasteiger partial charge on any atom is 0.347 e. The van der Waals surface area contributed by atoms with Crippen molar-refractivity contribution in [2.24, 2.45) is 5.73 Å². The molecular weight excluding hydrogens is 134 g/mol. The normalized spacial score (nSPS) is 14.8. The molecule has 60 valence electrons. The number of rotatable bonds is 2. The molecular formula is C6H13NO3. The number of nitrogens with two attached hydrogens (primary N) is 1. The maximum atomic E-state index is 10.1. The van der Waals surface area contributed by atoms with Gasteiger partial charge in [-0.2, -0.15) is 0 Å². The van der Waals surface area contributed by atoms with E-state index >= 15 is 0 Å². The predicted octanol–water partition coefficient (Wildman–Crippen LogP) is 0.171. The second-order valence-corrected chi connectivity index (χ2v) is 2.99. The third-order valence-electron chi connectivity index (χ3n) is 0.724. The average Bonchev–Trinajstić information content (AvgIpc) is 1.60. The van der Waals surface area contributed by atoms with Gasteiger partial charge in [0.2, 0.25) is 6.23 Å². The molecule has 0 rings (SSSR count). The Bertz CT molecular complexity index is 127. The molecule has 0 amide bonds. The van der Waals surface area contributed by atoms with E-state index < -0.39 is 17.8 Å². The molecule has 4 heteroatoms. The summed E-state index contributed by atoms with van der Waals surface area (Å²) in [5, 5.41) is 8.30. The minimum absolute atomic E-state index is 0.502. The van der Waals surface area contributed by atoms with Gasteiger partial charge in [-0.15, -0.1) is 0 Å². The van der Waals surface area contributed by atoms with E-state index in [0.717, 1.165) is 0 Å². The van der Waals surface area contributed by atoms with Crippen LogP contribution in [0.3, 0.4) is 0 Å². The number of hydrogen-bond donors (Lipinski definition) is 2. The third-order valence-corrected chi connectivity index (χ3v) is 0.724. The monoisotopic (exact) mass is 147 g/mol. The second kappa shape index (κ2) is 2.98. The zero-order valence-corrected chi connectivity index (χ0v) is 6.42. The van der Waals surface area contributed by atoms with E-state index in [1.807, 2.05) is 0 Å². The summed E-state index contributed by atoms with van der Waals surface area (Å²) in [4.78, 5) is 10.1. The fourth-order valence-corrected chi connectivity index (χ4v) is 0.431. The van der Waals surface area contributed by atoms with Crippen LogP contribution in [0.2, 0.25) is 0 Å². The van der Waals surface area contributed by atoms with Crippen molar-refractivity contribution in [3.63, 3.8) is 0 Å². The van der Waals surface area contributed by atoms with Gasteiger partial charge < -0.3 is 9.84 Å². The molecule has 0 aromatic carbocycles. The van der Waals surface area contributed by atoms with Crippen molar-refractivity contribution in [1.29, 1.82) is 0 Å². The number of aliphatic carboxylic acids is 1. The van der Waals surface area contributed by atoms with Crippen molar-refractivity contribution < 1.29 is 14.6 Å². The van der Waals surface area contributed by atoms with Crippen molar-refractivity contribution in [2.45, 2.75) is 32.6 Å². The number of hydrogen-bond acceptors (Lipinski definition) is 3. The second-order valence-electron chi connectivity index (χ2n) is 2.99. The van der Waals surface area contributed by atoms with Crippen LogP contribution in [0.5, 0.6) is 0 Å². The van der Waals surface area contributed by atoms with Gasteiger partial charge in [0.25, 0.3) is 0 Å². The lowest BCUT2D eigenvalue weighted by atomic mass is 10.2. The van der Waals surface area contributed by atoms with Gasteiger partial charge in [-0.1, -0.05) is 0 Å². The van der Waals surface area contributed by atoms with Gasteiger partial charge in [-0.3, -0.25) is 5.73 Å². The van der Waals surface area contributed by atoms with Gasteiger partial charge in [0.1, 0.15) is 0 Å². The van der Waals surface area contributed by atoms with Gasteiger partial charge in [0.05, 0.1) is 5.60 Å². The lowest BCUT2D eigenvalue weighted by Gasteiger charge is -2.21. The number of carbonyl (C=O) groups is 1. The fourth-order valence-electron chi connectivity index (χ4n) is 0.431. The minimum Gasteiger partial charge on any atom is -0.478 e. The Morgan fingerprint density at radius 2 is 2.00 bits per heavy atom. The Hall–Kier alpha value is -0.610. The van der Waals surface area contributed by atoms with E-state index in [4.69, 9.17) is 15.6 Å². The molecule has 0 aliphatic carbocycles. The van der Waals surface area contributed by atoms with E-state index in [1.54, 1.807) is 20.8 Å². The highest BCUT2D eigenvalue weighted by Gasteiger charge is 2.20. The quantitative estimate of drug-likeness (QED) is 0.546. The van der Waals surface area contributed by atoms with E-state index in [0.29, 0.717) is 0 Å². The molecule has 0 fully saturated rings. The van der Waals surface area contributed by atoms with Crippen LogP contribution in [-0.4, -0.2) is 22.9 Å². The zero-order chi connectivity index (χ0) is 8.36. The van der Waals surface area contributed by atoms with Crippen molar-refractivity contribution in [2.75, 3.05) is 0 Å². The zero-order valence-electron chi connectivity index (χ0n) is 6.42. The summed E-state index contributed by atoms with van der Waals surface area (Å²) >= 11 is 0. The smallest absolute Gasteiger partial charge is 0.347 e. The van der Waals surface area contributed by atoms with Crippen LogP contribution in [0.15, 0.2) is 0 Å². The first-order chi connectivity index (χ1) is 4.33. The lowest BCUT2D eigenvalue weighted by Crippen LogP contribution is -2.39. The van der Waals surface area contributed by atoms with Gasteiger partial charge in [-0.25, -0.2) is 4.79 Å². The molecule has 0 aromatic heterocycles. The van der Waals surface area contributed by atoms with Crippen LogP contribution in [0.4, 0.5) is 0 Å². The van der Waals surface area contributed by atoms with Crippen molar-refractivity contribution in [1.82, 2.24) is 0 Å². The molecule has 0 radical (unpaired) electrons. The largest absolute Gasteiger partial charge is 0.478 e. The van der Waals surface area contributed by atoms with Crippen LogP contribution in [0, 0.1) is 0 Å². The molecule has 1 atom stereocenters. The summed E-state index contributed by atoms with van der Waals surface area (Å²) in [5.74, 6) is -1.14. The highest BCUT2D eigenvalue weighted by atomic mass is 16.5. The topological polar surface area (TPSA) is 72.5 Å². The highest BCUT2D eigenvalue weighted by molar-refractivity contribution is 5.71. The van der Waals surface area contributed by atoms with Gasteiger partial charge in [-0.05, 0) is 20.8 Å². The average molecular weight is 147 g/mol. The summed E-state index contributed by atoms with van der Waals surface area (Å²) in [6, 6.07) is 0. The Labute approximate surface area is 60.0 Å². The van der Waals surface area contributed by atoms with Crippen LogP contribution in [0.1, 0.15) is 20.8 Å².